The van der Waals surface area contributed by atoms with Crippen LogP contribution in [0.25, 0.3) is 0 Å². The van der Waals surface area contributed by atoms with Crippen molar-refractivity contribution in [1.82, 2.24) is 14.9 Å². The van der Waals surface area contributed by atoms with Gasteiger partial charge in [-0.05, 0) is 32.1 Å². The summed E-state index contributed by atoms with van der Waals surface area (Å²) in [6.07, 6.45) is 10.4. The van der Waals surface area contributed by atoms with Crippen molar-refractivity contribution in [2.45, 2.75) is 64.6 Å². The van der Waals surface area contributed by atoms with Crippen LogP contribution < -0.4 is 5.32 Å². The molecule has 0 amide bonds. The lowest BCUT2D eigenvalue weighted by Crippen LogP contribution is -2.50. The number of aromatic nitrogens is 2. The third kappa shape index (κ3) is 2.29. The molecule has 0 aromatic carbocycles. The van der Waals surface area contributed by atoms with Crippen molar-refractivity contribution in [3.63, 3.8) is 0 Å². The van der Waals surface area contributed by atoms with Gasteiger partial charge in [-0.1, -0.05) is 13.8 Å². The van der Waals surface area contributed by atoms with Gasteiger partial charge in [0.25, 0.3) is 0 Å². The molecule has 0 spiro atoms. The molecule has 3 heteroatoms. The molecule has 0 unspecified atom stereocenters. The monoisotopic (exact) mass is 221 g/mol. The molecule has 1 aliphatic rings. The molecule has 1 N–H and O–H groups in total. The highest BCUT2D eigenvalue weighted by Gasteiger charge is 2.34. The number of nitrogens with one attached hydrogen (secondary N) is 1. The lowest BCUT2D eigenvalue weighted by atomic mass is 9.75. The van der Waals surface area contributed by atoms with Crippen LogP contribution in [-0.2, 0) is 13.1 Å². The van der Waals surface area contributed by atoms with Crippen LogP contribution in [0.4, 0.5) is 0 Å². The molecule has 0 radical (unpaired) electrons. The van der Waals surface area contributed by atoms with Crippen LogP contribution in [0.15, 0.2) is 12.5 Å². The van der Waals surface area contributed by atoms with Crippen LogP contribution >= 0.6 is 0 Å². The number of aryl methyl sites for hydroxylation is 1. The van der Waals surface area contributed by atoms with Gasteiger partial charge in [-0.25, -0.2) is 4.98 Å². The topological polar surface area (TPSA) is 29.9 Å². The number of hydrogen-bond donors (Lipinski definition) is 1. The zero-order valence-corrected chi connectivity index (χ0v) is 10.5. The predicted molar refractivity (Wildman–Crippen MR) is 66.2 cm³/mol. The van der Waals surface area contributed by atoms with Crippen molar-refractivity contribution in [3.8, 4) is 0 Å². The second kappa shape index (κ2) is 5.00. The van der Waals surface area contributed by atoms with Crippen molar-refractivity contribution in [2.24, 2.45) is 0 Å². The molecule has 1 aromatic rings. The van der Waals surface area contributed by atoms with Gasteiger partial charge in [0.15, 0.2) is 0 Å². The Hall–Kier alpha value is -0.830. The van der Waals surface area contributed by atoms with Gasteiger partial charge in [-0.3, -0.25) is 0 Å². The zero-order chi connectivity index (χ0) is 11.4. The van der Waals surface area contributed by atoms with Crippen molar-refractivity contribution < 1.29 is 0 Å². The summed E-state index contributed by atoms with van der Waals surface area (Å²) in [4.78, 5) is 4.23. The Balaban J connectivity index is 1.91. The van der Waals surface area contributed by atoms with Crippen LogP contribution in [0.5, 0.6) is 0 Å². The Morgan fingerprint density at radius 3 is 2.81 bits per heavy atom. The summed E-state index contributed by atoms with van der Waals surface area (Å²) >= 11 is 0. The predicted octanol–water partition coefficient (Wildman–Crippen LogP) is 2.72. The molecule has 1 aliphatic carbocycles. The summed E-state index contributed by atoms with van der Waals surface area (Å²) in [6.45, 7) is 6.54. The molecular formula is C13H23N3. The third-order valence-corrected chi connectivity index (χ3v) is 3.89. The van der Waals surface area contributed by atoms with E-state index in [0.29, 0.717) is 5.54 Å². The van der Waals surface area contributed by atoms with Crippen molar-refractivity contribution >= 4 is 0 Å². The third-order valence-electron chi connectivity index (χ3n) is 3.89. The van der Waals surface area contributed by atoms with Crippen molar-refractivity contribution in [1.29, 1.82) is 0 Å². The van der Waals surface area contributed by atoms with Crippen LogP contribution in [0, 0.1) is 0 Å². The van der Waals surface area contributed by atoms with Crippen LogP contribution in [-0.4, -0.2) is 15.1 Å². The number of hydrogen-bond acceptors (Lipinski definition) is 2. The van der Waals surface area contributed by atoms with E-state index in [1.54, 1.807) is 0 Å². The molecule has 2 rings (SSSR count). The number of rotatable bonds is 6. The normalized spacial score (nSPS) is 18.4. The highest BCUT2D eigenvalue weighted by atomic mass is 15.1. The van der Waals surface area contributed by atoms with Gasteiger partial charge in [0.1, 0.15) is 0 Å². The van der Waals surface area contributed by atoms with Crippen molar-refractivity contribution in [3.05, 3.63) is 18.2 Å². The summed E-state index contributed by atoms with van der Waals surface area (Å²) in [5.41, 5.74) is 1.75. The smallest absolute Gasteiger partial charge is 0.0948 e. The first-order valence-corrected chi connectivity index (χ1v) is 6.54. The van der Waals surface area contributed by atoms with E-state index in [9.17, 15) is 0 Å². The average Bonchev–Trinajstić information content (AvgIpc) is 2.66. The van der Waals surface area contributed by atoms with Gasteiger partial charge in [-0.15, -0.1) is 0 Å². The maximum Gasteiger partial charge on any atom is 0.0948 e. The maximum absolute atomic E-state index is 4.23. The second-order valence-electron chi connectivity index (χ2n) is 4.92. The second-order valence-corrected chi connectivity index (χ2v) is 4.92. The van der Waals surface area contributed by atoms with E-state index in [-0.39, 0.29) is 0 Å². The van der Waals surface area contributed by atoms with E-state index in [1.807, 2.05) is 12.5 Å². The fourth-order valence-corrected chi connectivity index (χ4v) is 2.47. The summed E-state index contributed by atoms with van der Waals surface area (Å²) in [5.74, 6) is 0. The van der Waals surface area contributed by atoms with E-state index < -0.39 is 0 Å². The minimum atomic E-state index is 0.432. The lowest BCUT2D eigenvalue weighted by molar-refractivity contribution is 0.174. The molecule has 90 valence electrons. The molecule has 16 heavy (non-hydrogen) atoms. The first-order chi connectivity index (χ1) is 7.79. The largest absolute Gasteiger partial charge is 0.333 e. The standard InChI is InChI=1S/C13H23N3/c1-3-8-16-11-14-9-12(16)10-15-13(4-2)6-5-7-13/h9,11,15H,3-8,10H2,1-2H3. The molecule has 1 fully saturated rings. The van der Waals surface area contributed by atoms with Gasteiger partial charge in [0.05, 0.1) is 12.0 Å². The fourth-order valence-electron chi connectivity index (χ4n) is 2.47. The quantitative estimate of drug-likeness (QED) is 0.800. The molecule has 0 atom stereocenters. The van der Waals surface area contributed by atoms with Gasteiger partial charge in [0.2, 0.25) is 0 Å². The summed E-state index contributed by atoms with van der Waals surface area (Å²) in [6, 6.07) is 0. The molecule has 0 bridgehead atoms. The Morgan fingerprint density at radius 1 is 1.44 bits per heavy atom. The van der Waals surface area contributed by atoms with Gasteiger partial charge < -0.3 is 9.88 Å². The Morgan fingerprint density at radius 2 is 2.25 bits per heavy atom. The molecular weight excluding hydrogens is 198 g/mol. The molecule has 1 heterocycles. The molecule has 1 aromatic heterocycles. The number of imidazole rings is 1. The maximum atomic E-state index is 4.23. The summed E-state index contributed by atoms with van der Waals surface area (Å²) in [5, 5.41) is 3.72. The van der Waals surface area contributed by atoms with Crippen LogP contribution in [0.2, 0.25) is 0 Å². The summed E-state index contributed by atoms with van der Waals surface area (Å²) < 4.78 is 2.26. The lowest BCUT2D eigenvalue weighted by Gasteiger charge is -2.42. The van der Waals surface area contributed by atoms with E-state index in [0.717, 1.165) is 13.1 Å². The molecule has 3 nitrogen and oxygen atoms in total. The first kappa shape index (κ1) is 11.6. The zero-order valence-electron chi connectivity index (χ0n) is 10.5. The Kier molecular flexibility index (Phi) is 3.64. The van der Waals surface area contributed by atoms with Crippen LogP contribution in [0.1, 0.15) is 51.6 Å². The van der Waals surface area contributed by atoms with Crippen molar-refractivity contribution in [2.75, 3.05) is 0 Å². The first-order valence-electron chi connectivity index (χ1n) is 6.54. The average molecular weight is 221 g/mol. The van der Waals surface area contributed by atoms with E-state index in [1.165, 1.54) is 37.8 Å². The minimum Gasteiger partial charge on any atom is -0.333 e. The highest BCUT2D eigenvalue weighted by molar-refractivity contribution is 5.02. The number of nitrogens with zero attached hydrogens (tertiary/aromatic N) is 2. The van der Waals surface area contributed by atoms with E-state index in [4.69, 9.17) is 0 Å². The fraction of sp³-hybridized carbons (Fsp3) is 0.769. The van der Waals surface area contributed by atoms with E-state index >= 15 is 0 Å². The van der Waals surface area contributed by atoms with Gasteiger partial charge in [0, 0.05) is 24.8 Å². The Labute approximate surface area is 98.3 Å². The summed E-state index contributed by atoms with van der Waals surface area (Å²) in [7, 11) is 0. The molecule has 1 saturated carbocycles. The van der Waals surface area contributed by atoms with E-state index in [2.05, 4.69) is 28.7 Å². The molecule has 0 saturated heterocycles. The minimum absolute atomic E-state index is 0.432. The van der Waals surface area contributed by atoms with Gasteiger partial charge >= 0.3 is 0 Å². The SMILES string of the molecule is CCCn1cncc1CNC1(CC)CCC1. The van der Waals surface area contributed by atoms with Crippen LogP contribution in [0.3, 0.4) is 0 Å². The molecule has 0 aliphatic heterocycles. The highest BCUT2D eigenvalue weighted by Crippen LogP contribution is 2.34. The van der Waals surface area contributed by atoms with Gasteiger partial charge in [-0.2, -0.15) is 0 Å². The Bertz CT molecular complexity index is 320.